The lowest BCUT2D eigenvalue weighted by Crippen LogP contribution is -2.20. The van der Waals surface area contributed by atoms with Gasteiger partial charge < -0.3 is 15.8 Å². The molecule has 0 unspecified atom stereocenters. The molecule has 2 amide bonds. The minimum Gasteiger partial charge on any atom is -0.484 e. The number of amides is 2. The maximum absolute atomic E-state index is 12.2. The molecule has 2 aromatic carbocycles. The molecule has 114 valence electrons. The van der Waals surface area contributed by atoms with Gasteiger partial charge in [0.25, 0.3) is 11.8 Å². The Balaban J connectivity index is 2.11. The van der Waals surface area contributed by atoms with Crippen LogP contribution >= 0.6 is 23.2 Å². The smallest absolute Gasteiger partial charge is 0.257 e. The Labute approximate surface area is 137 Å². The zero-order chi connectivity index (χ0) is 16.1. The first-order valence-electron chi connectivity index (χ1n) is 6.23. The Bertz CT molecular complexity index is 720. The number of anilines is 1. The van der Waals surface area contributed by atoms with E-state index in [1.165, 1.54) is 12.1 Å². The van der Waals surface area contributed by atoms with Crippen LogP contribution in [0.4, 0.5) is 5.69 Å². The third kappa shape index (κ3) is 4.38. The Morgan fingerprint density at radius 3 is 2.59 bits per heavy atom. The van der Waals surface area contributed by atoms with Gasteiger partial charge in [0, 0.05) is 16.8 Å². The normalized spacial score (nSPS) is 10.1. The average Bonchev–Trinajstić information content (AvgIpc) is 2.45. The molecule has 0 fully saturated rings. The maximum Gasteiger partial charge on any atom is 0.257 e. The summed E-state index contributed by atoms with van der Waals surface area (Å²) in [5, 5.41) is 3.39. The number of nitrogens with two attached hydrogens (primary N) is 1. The van der Waals surface area contributed by atoms with Crippen LogP contribution < -0.4 is 15.8 Å². The molecule has 0 atom stereocenters. The zero-order valence-electron chi connectivity index (χ0n) is 11.3. The summed E-state index contributed by atoms with van der Waals surface area (Å²) in [4.78, 5) is 22.9. The molecule has 0 bridgehead atoms. The second-order valence-corrected chi connectivity index (χ2v) is 5.20. The largest absolute Gasteiger partial charge is 0.484 e. The number of nitrogens with one attached hydrogen (secondary N) is 1. The van der Waals surface area contributed by atoms with Crippen LogP contribution in [-0.2, 0) is 4.79 Å². The lowest BCUT2D eigenvalue weighted by atomic mass is 10.2. The highest BCUT2D eigenvalue weighted by molar-refractivity contribution is 6.37. The summed E-state index contributed by atoms with van der Waals surface area (Å²) >= 11 is 11.8. The summed E-state index contributed by atoms with van der Waals surface area (Å²) in [7, 11) is 0. The van der Waals surface area contributed by atoms with Gasteiger partial charge in [-0.3, -0.25) is 9.59 Å². The Kier molecular flexibility index (Phi) is 5.25. The molecule has 0 radical (unpaired) electrons. The molecule has 2 aromatic rings. The number of primary amides is 1. The summed E-state index contributed by atoms with van der Waals surface area (Å²) in [5.74, 6) is -0.546. The summed E-state index contributed by atoms with van der Waals surface area (Å²) < 4.78 is 5.17. The van der Waals surface area contributed by atoms with Crippen molar-refractivity contribution in [3.63, 3.8) is 0 Å². The molecule has 0 saturated heterocycles. The first-order chi connectivity index (χ1) is 10.5. The van der Waals surface area contributed by atoms with Crippen molar-refractivity contribution in [3.05, 3.63) is 58.1 Å². The Morgan fingerprint density at radius 2 is 1.91 bits per heavy atom. The molecule has 3 N–H and O–H groups in total. The summed E-state index contributed by atoms with van der Waals surface area (Å²) in [5.41, 5.74) is 5.80. The van der Waals surface area contributed by atoms with E-state index >= 15 is 0 Å². The number of hydrogen-bond donors (Lipinski definition) is 2. The van der Waals surface area contributed by atoms with Crippen molar-refractivity contribution in [3.8, 4) is 5.75 Å². The van der Waals surface area contributed by atoms with Gasteiger partial charge in [-0.05, 0) is 30.3 Å². The standard InChI is InChI=1S/C15H12Cl2N2O3/c16-9-4-5-12(13(17)6-9)15(21)19-10-2-1-3-11(7-10)22-8-14(18)20/h1-7H,8H2,(H2,18,20)(H,19,21). The fraction of sp³-hybridized carbons (Fsp3) is 0.0667. The van der Waals surface area contributed by atoms with Crippen LogP contribution in [0.5, 0.6) is 5.75 Å². The highest BCUT2D eigenvalue weighted by Gasteiger charge is 2.11. The molecule has 0 aliphatic carbocycles. The number of hydrogen-bond acceptors (Lipinski definition) is 3. The monoisotopic (exact) mass is 338 g/mol. The van der Waals surface area contributed by atoms with Crippen molar-refractivity contribution in [2.45, 2.75) is 0 Å². The third-order valence-corrected chi connectivity index (χ3v) is 3.20. The van der Waals surface area contributed by atoms with Crippen LogP contribution in [-0.4, -0.2) is 18.4 Å². The van der Waals surface area contributed by atoms with Crippen molar-refractivity contribution in [1.29, 1.82) is 0 Å². The summed E-state index contributed by atoms with van der Waals surface area (Å²) in [6.07, 6.45) is 0. The van der Waals surface area contributed by atoms with Crippen LogP contribution in [0.15, 0.2) is 42.5 Å². The first kappa shape index (κ1) is 16.1. The second-order valence-electron chi connectivity index (χ2n) is 4.36. The lowest BCUT2D eigenvalue weighted by molar-refractivity contribution is -0.119. The van der Waals surface area contributed by atoms with Crippen LogP contribution in [0.3, 0.4) is 0 Å². The quantitative estimate of drug-likeness (QED) is 0.878. The van der Waals surface area contributed by atoms with Gasteiger partial charge in [-0.1, -0.05) is 29.3 Å². The average molecular weight is 339 g/mol. The van der Waals surface area contributed by atoms with Crippen molar-refractivity contribution < 1.29 is 14.3 Å². The molecule has 22 heavy (non-hydrogen) atoms. The van der Waals surface area contributed by atoms with Crippen LogP contribution in [0, 0.1) is 0 Å². The fourth-order valence-electron chi connectivity index (χ4n) is 1.69. The topological polar surface area (TPSA) is 81.4 Å². The van der Waals surface area contributed by atoms with Crippen molar-refractivity contribution >= 4 is 40.7 Å². The molecule has 5 nitrogen and oxygen atoms in total. The number of carbonyl (C=O) groups excluding carboxylic acids is 2. The molecular formula is C15H12Cl2N2O3. The highest BCUT2D eigenvalue weighted by atomic mass is 35.5. The maximum atomic E-state index is 12.2. The van der Waals surface area contributed by atoms with E-state index in [4.69, 9.17) is 33.7 Å². The van der Waals surface area contributed by atoms with Crippen molar-refractivity contribution in [1.82, 2.24) is 0 Å². The van der Waals surface area contributed by atoms with Gasteiger partial charge in [0.1, 0.15) is 5.75 Å². The van der Waals surface area contributed by atoms with E-state index in [0.29, 0.717) is 22.0 Å². The predicted octanol–water partition coefficient (Wildman–Crippen LogP) is 3.11. The van der Waals surface area contributed by atoms with E-state index in [1.807, 2.05) is 0 Å². The molecule has 0 aromatic heterocycles. The molecular weight excluding hydrogens is 327 g/mol. The van der Waals surface area contributed by atoms with E-state index in [9.17, 15) is 9.59 Å². The SMILES string of the molecule is NC(=O)COc1cccc(NC(=O)c2ccc(Cl)cc2Cl)c1. The minimum atomic E-state index is -0.581. The van der Waals surface area contributed by atoms with Gasteiger partial charge in [0.15, 0.2) is 6.61 Å². The molecule has 0 aliphatic rings. The second kappa shape index (κ2) is 7.15. The van der Waals surface area contributed by atoms with E-state index in [1.54, 1.807) is 30.3 Å². The van der Waals surface area contributed by atoms with Gasteiger partial charge in [-0.25, -0.2) is 0 Å². The van der Waals surface area contributed by atoms with E-state index in [2.05, 4.69) is 5.32 Å². The third-order valence-electron chi connectivity index (χ3n) is 2.65. The number of rotatable bonds is 5. The minimum absolute atomic E-state index is 0.236. The summed E-state index contributed by atoms with van der Waals surface area (Å²) in [6, 6.07) is 11.2. The van der Waals surface area contributed by atoms with E-state index in [-0.39, 0.29) is 17.5 Å². The van der Waals surface area contributed by atoms with Crippen LogP contribution in [0.25, 0.3) is 0 Å². The number of halogens is 2. The number of benzene rings is 2. The van der Waals surface area contributed by atoms with E-state index in [0.717, 1.165) is 0 Å². The first-order valence-corrected chi connectivity index (χ1v) is 6.99. The zero-order valence-corrected chi connectivity index (χ0v) is 12.8. The lowest BCUT2D eigenvalue weighted by Gasteiger charge is -2.09. The van der Waals surface area contributed by atoms with Crippen molar-refractivity contribution in [2.75, 3.05) is 11.9 Å². The Morgan fingerprint density at radius 1 is 1.14 bits per heavy atom. The number of ether oxygens (including phenoxy) is 1. The van der Waals surface area contributed by atoms with Crippen LogP contribution in [0.1, 0.15) is 10.4 Å². The highest BCUT2D eigenvalue weighted by Crippen LogP contribution is 2.23. The number of carbonyl (C=O) groups is 2. The van der Waals surface area contributed by atoms with Gasteiger partial charge in [-0.2, -0.15) is 0 Å². The molecule has 0 saturated carbocycles. The van der Waals surface area contributed by atoms with Gasteiger partial charge in [0.05, 0.1) is 10.6 Å². The van der Waals surface area contributed by atoms with Gasteiger partial charge in [0.2, 0.25) is 0 Å². The van der Waals surface area contributed by atoms with Gasteiger partial charge in [-0.15, -0.1) is 0 Å². The van der Waals surface area contributed by atoms with Crippen molar-refractivity contribution in [2.24, 2.45) is 5.73 Å². The van der Waals surface area contributed by atoms with E-state index < -0.39 is 5.91 Å². The molecule has 0 heterocycles. The summed E-state index contributed by atoms with van der Waals surface area (Å²) in [6.45, 7) is -0.236. The molecule has 2 rings (SSSR count). The predicted molar refractivity (Wildman–Crippen MR) is 85.5 cm³/mol. The fourth-order valence-corrected chi connectivity index (χ4v) is 2.18. The molecule has 7 heteroatoms. The van der Waals surface area contributed by atoms with Gasteiger partial charge >= 0.3 is 0 Å². The van der Waals surface area contributed by atoms with Crippen LogP contribution in [0.2, 0.25) is 10.0 Å². The Hall–Kier alpha value is -2.24. The molecule has 0 spiro atoms. The molecule has 0 aliphatic heterocycles.